The fraction of sp³-hybridized carbons (Fsp3) is 0.833. The summed E-state index contributed by atoms with van der Waals surface area (Å²) in [6.07, 6.45) is 0. The monoisotopic (exact) mass is 199 g/mol. The van der Waals surface area contributed by atoms with Gasteiger partial charge in [-0.2, -0.15) is 0 Å². The molecule has 0 heterocycles. The smallest absolute Gasteiger partial charge is 0.329 e. The average Bonchev–Trinajstić information content (AvgIpc) is 1.96. The molecule has 0 unspecified atom stereocenters. The fourth-order valence-electron chi connectivity index (χ4n) is 0.463. The molecule has 0 aliphatic rings. The minimum absolute atomic E-state index is 0. The first kappa shape index (κ1) is 14.2. The summed E-state index contributed by atoms with van der Waals surface area (Å²) in [4.78, 5) is 9.90. The Morgan fingerprint density at radius 3 is 2.33 bits per heavy atom. The summed E-state index contributed by atoms with van der Waals surface area (Å²) in [5.74, 6) is -0.969. The molecule has 6 heteroatoms. The molecular formula is C6H14ClNO4. The van der Waals surface area contributed by atoms with Crippen LogP contribution in [0.3, 0.4) is 0 Å². The number of hydrogen-bond acceptors (Lipinski definition) is 4. The normalized spacial score (nSPS) is 9.08. The molecule has 5 nitrogen and oxygen atoms in total. The van der Waals surface area contributed by atoms with E-state index >= 15 is 0 Å². The summed E-state index contributed by atoms with van der Waals surface area (Å²) in [5, 5.41) is 8.13. The topological polar surface area (TPSA) is 81.8 Å². The number of carbonyl (C=O) groups is 1. The molecule has 74 valence electrons. The van der Waals surface area contributed by atoms with E-state index in [1.807, 2.05) is 0 Å². The Morgan fingerprint density at radius 1 is 1.25 bits per heavy atom. The van der Waals surface area contributed by atoms with Gasteiger partial charge in [0.2, 0.25) is 0 Å². The molecule has 0 bridgehead atoms. The van der Waals surface area contributed by atoms with E-state index in [1.54, 1.807) is 0 Å². The highest BCUT2D eigenvalue weighted by Crippen LogP contribution is 1.77. The zero-order valence-electron chi connectivity index (χ0n) is 6.69. The second-order valence-electron chi connectivity index (χ2n) is 1.85. The van der Waals surface area contributed by atoms with E-state index in [1.165, 1.54) is 0 Å². The Balaban J connectivity index is 0. The van der Waals surface area contributed by atoms with Gasteiger partial charge in [0.05, 0.1) is 19.8 Å². The second kappa shape index (κ2) is 10.6. The Morgan fingerprint density at radius 2 is 1.83 bits per heavy atom. The molecule has 0 fully saturated rings. The molecule has 0 saturated carbocycles. The summed E-state index contributed by atoms with van der Waals surface area (Å²) >= 11 is 0. The van der Waals surface area contributed by atoms with E-state index in [0.717, 1.165) is 0 Å². The Bertz CT molecular complexity index is 112. The molecule has 0 rings (SSSR count). The molecule has 0 aromatic carbocycles. The SMILES string of the molecule is Cl.NCCOCCOCC(=O)O. The van der Waals surface area contributed by atoms with Crippen molar-refractivity contribution >= 4 is 18.4 Å². The molecular weight excluding hydrogens is 186 g/mol. The third kappa shape index (κ3) is 12.3. The lowest BCUT2D eigenvalue weighted by atomic mass is 10.7. The summed E-state index contributed by atoms with van der Waals surface area (Å²) in [6.45, 7) is 1.37. The van der Waals surface area contributed by atoms with Crippen LogP contribution in [0.4, 0.5) is 0 Å². The van der Waals surface area contributed by atoms with E-state index < -0.39 is 5.97 Å². The van der Waals surface area contributed by atoms with Gasteiger partial charge in [-0.15, -0.1) is 12.4 Å². The van der Waals surface area contributed by atoms with Crippen LogP contribution in [0.25, 0.3) is 0 Å². The average molecular weight is 200 g/mol. The van der Waals surface area contributed by atoms with Gasteiger partial charge >= 0.3 is 5.97 Å². The van der Waals surface area contributed by atoms with E-state index in [9.17, 15) is 4.79 Å². The molecule has 0 radical (unpaired) electrons. The van der Waals surface area contributed by atoms with Gasteiger partial charge in [-0.3, -0.25) is 0 Å². The molecule has 0 aromatic rings. The predicted octanol–water partition coefficient (Wildman–Crippen LogP) is -0.515. The van der Waals surface area contributed by atoms with Gasteiger partial charge < -0.3 is 20.3 Å². The quantitative estimate of drug-likeness (QED) is 0.540. The summed E-state index contributed by atoms with van der Waals surface area (Å²) < 4.78 is 9.60. The number of halogens is 1. The predicted molar refractivity (Wildman–Crippen MR) is 45.6 cm³/mol. The first-order valence-corrected chi connectivity index (χ1v) is 3.34. The molecule has 0 aliphatic heterocycles. The van der Waals surface area contributed by atoms with Crippen molar-refractivity contribution in [1.82, 2.24) is 0 Å². The first-order chi connectivity index (χ1) is 5.27. The van der Waals surface area contributed by atoms with Crippen LogP contribution in [0.1, 0.15) is 0 Å². The number of carboxylic acids is 1. The molecule has 12 heavy (non-hydrogen) atoms. The maximum Gasteiger partial charge on any atom is 0.329 e. The second-order valence-corrected chi connectivity index (χ2v) is 1.85. The van der Waals surface area contributed by atoms with Gasteiger partial charge in [0.25, 0.3) is 0 Å². The van der Waals surface area contributed by atoms with Crippen LogP contribution in [0.5, 0.6) is 0 Å². The summed E-state index contributed by atoms with van der Waals surface area (Å²) in [7, 11) is 0. The highest BCUT2D eigenvalue weighted by atomic mass is 35.5. The van der Waals surface area contributed by atoms with Crippen LogP contribution in [-0.4, -0.2) is 44.0 Å². The van der Waals surface area contributed by atoms with E-state index in [0.29, 0.717) is 26.4 Å². The summed E-state index contributed by atoms with van der Waals surface area (Å²) in [6, 6.07) is 0. The Kier molecular flexibility index (Phi) is 12.6. The third-order valence-corrected chi connectivity index (χ3v) is 0.860. The van der Waals surface area contributed by atoms with Crippen molar-refractivity contribution in [3.8, 4) is 0 Å². The largest absolute Gasteiger partial charge is 0.480 e. The van der Waals surface area contributed by atoms with Crippen LogP contribution >= 0.6 is 12.4 Å². The van der Waals surface area contributed by atoms with Crippen molar-refractivity contribution in [2.24, 2.45) is 5.73 Å². The lowest BCUT2D eigenvalue weighted by Crippen LogP contribution is -2.14. The van der Waals surface area contributed by atoms with Crippen LogP contribution in [-0.2, 0) is 14.3 Å². The van der Waals surface area contributed by atoms with Gasteiger partial charge in [-0.1, -0.05) is 0 Å². The van der Waals surface area contributed by atoms with Crippen molar-refractivity contribution in [2.75, 3.05) is 33.0 Å². The molecule has 0 aliphatic carbocycles. The number of ether oxygens (including phenoxy) is 2. The van der Waals surface area contributed by atoms with Gasteiger partial charge in [-0.25, -0.2) is 4.79 Å². The number of carboxylic acid groups (broad SMARTS) is 1. The van der Waals surface area contributed by atoms with Gasteiger partial charge in [0, 0.05) is 6.54 Å². The van der Waals surface area contributed by atoms with Crippen LogP contribution < -0.4 is 5.73 Å². The van der Waals surface area contributed by atoms with Crippen molar-refractivity contribution < 1.29 is 19.4 Å². The Labute approximate surface area is 77.2 Å². The third-order valence-electron chi connectivity index (χ3n) is 0.860. The van der Waals surface area contributed by atoms with Gasteiger partial charge in [0.15, 0.2) is 0 Å². The molecule has 0 amide bonds. The van der Waals surface area contributed by atoms with Crippen molar-refractivity contribution in [2.45, 2.75) is 0 Å². The van der Waals surface area contributed by atoms with Crippen LogP contribution in [0.2, 0.25) is 0 Å². The number of nitrogens with two attached hydrogens (primary N) is 1. The van der Waals surface area contributed by atoms with Crippen molar-refractivity contribution in [3.63, 3.8) is 0 Å². The highest BCUT2D eigenvalue weighted by Gasteiger charge is 1.94. The number of aliphatic carboxylic acids is 1. The minimum atomic E-state index is -0.969. The van der Waals surface area contributed by atoms with Crippen LogP contribution in [0, 0.1) is 0 Å². The zero-order valence-corrected chi connectivity index (χ0v) is 7.51. The number of hydrogen-bond donors (Lipinski definition) is 2. The molecule has 0 atom stereocenters. The van der Waals surface area contributed by atoms with Gasteiger partial charge in [-0.05, 0) is 0 Å². The van der Waals surface area contributed by atoms with Crippen molar-refractivity contribution in [3.05, 3.63) is 0 Å². The molecule has 0 saturated heterocycles. The lowest BCUT2D eigenvalue weighted by Gasteiger charge is -2.01. The van der Waals surface area contributed by atoms with E-state index in [4.69, 9.17) is 15.6 Å². The fourth-order valence-corrected chi connectivity index (χ4v) is 0.463. The maximum absolute atomic E-state index is 9.90. The number of rotatable bonds is 7. The standard InChI is InChI=1S/C6H13NO4.ClH/c7-1-2-10-3-4-11-5-6(8)9;/h1-5,7H2,(H,8,9);1H. The Hall–Kier alpha value is -0.360. The molecule has 3 N–H and O–H groups in total. The molecule has 0 aromatic heterocycles. The zero-order chi connectivity index (χ0) is 8.53. The lowest BCUT2D eigenvalue weighted by molar-refractivity contribution is -0.142. The van der Waals surface area contributed by atoms with Crippen LogP contribution in [0.15, 0.2) is 0 Å². The van der Waals surface area contributed by atoms with Gasteiger partial charge in [0.1, 0.15) is 6.61 Å². The van der Waals surface area contributed by atoms with Crippen molar-refractivity contribution in [1.29, 1.82) is 0 Å². The maximum atomic E-state index is 9.90. The molecule has 0 spiro atoms. The van der Waals surface area contributed by atoms with E-state index in [2.05, 4.69) is 4.74 Å². The summed E-state index contributed by atoms with van der Waals surface area (Å²) in [5.41, 5.74) is 5.13. The highest BCUT2D eigenvalue weighted by molar-refractivity contribution is 5.85. The minimum Gasteiger partial charge on any atom is -0.480 e. The van der Waals surface area contributed by atoms with E-state index in [-0.39, 0.29) is 19.0 Å². The first-order valence-electron chi connectivity index (χ1n) is 3.34.